The van der Waals surface area contributed by atoms with Gasteiger partial charge in [-0.2, -0.15) is 0 Å². The third-order valence-corrected chi connectivity index (χ3v) is 1.31. The van der Waals surface area contributed by atoms with Gasteiger partial charge in [-0.15, -0.1) is 13.2 Å². The largest absolute Gasteiger partial charge is 0.522 e. The zero-order valence-corrected chi connectivity index (χ0v) is 7.30. The molecule has 6 heteroatoms. The summed E-state index contributed by atoms with van der Waals surface area (Å²) >= 11 is 0. The summed E-state index contributed by atoms with van der Waals surface area (Å²) in [5.41, 5.74) is 0. The lowest BCUT2D eigenvalue weighted by molar-refractivity contribution is -0.325. The molecule has 80 valence electrons. The fourth-order valence-electron chi connectivity index (χ4n) is 0.783. The first-order chi connectivity index (χ1) is 5.95. The van der Waals surface area contributed by atoms with Gasteiger partial charge >= 0.3 is 6.36 Å². The molecule has 0 aliphatic rings. The molecule has 0 heterocycles. The standard InChI is InChI=1S/C7H13F3O3/c1-12-5-6(11)3-2-4-13-7(8,9)10/h6,11H,2-5H2,1H3. The van der Waals surface area contributed by atoms with Gasteiger partial charge in [-0.05, 0) is 12.8 Å². The van der Waals surface area contributed by atoms with E-state index < -0.39 is 19.1 Å². The molecule has 1 unspecified atom stereocenters. The molecule has 0 bridgehead atoms. The van der Waals surface area contributed by atoms with E-state index >= 15 is 0 Å². The van der Waals surface area contributed by atoms with Crippen molar-refractivity contribution in [3.63, 3.8) is 0 Å². The van der Waals surface area contributed by atoms with E-state index in [1.807, 2.05) is 0 Å². The summed E-state index contributed by atoms with van der Waals surface area (Å²) in [5.74, 6) is 0. The first-order valence-electron chi connectivity index (χ1n) is 3.83. The lowest BCUT2D eigenvalue weighted by atomic mass is 10.2. The number of halogens is 3. The Labute approximate surface area is 74.4 Å². The molecule has 0 aromatic rings. The normalized spacial score (nSPS) is 14.5. The Kier molecular flexibility index (Phi) is 6.02. The predicted molar refractivity (Wildman–Crippen MR) is 39.1 cm³/mol. The summed E-state index contributed by atoms with van der Waals surface area (Å²) in [6.45, 7) is -0.295. The first-order valence-corrected chi connectivity index (χ1v) is 3.83. The Bertz CT molecular complexity index is 127. The molecular formula is C7H13F3O3. The fraction of sp³-hybridized carbons (Fsp3) is 1.00. The van der Waals surface area contributed by atoms with Gasteiger partial charge in [0.25, 0.3) is 0 Å². The van der Waals surface area contributed by atoms with Crippen LogP contribution in [0.15, 0.2) is 0 Å². The smallest absolute Gasteiger partial charge is 0.391 e. The van der Waals surface area contributed by atoms with Gasteiger partial charge in [0.1, 0.15) is 0 Å². The first kappa shape index (κ1) is 12.7. The van der Waals surface area contributed by atoms with E-state index in [1.165, 1.54) is 7.11 Å². The second kappa shape index (κ2) is 6.17. The molecule has 0 saturated carbocycles. The number of hydrogen-bond acceptors (Lipinski definition) is 3. The minimum atomic E-state index is -4.58. The number of hydrogen-bond donors (Lipinski definition) is 1. The van der Waals surface area contributed by atoms with E-state index in [2.05, 4.69) is 9.47 Å². The van der Waals surface area contributed by atoms with Crippen LogP contribution in [0.4, 0.5) is 13.2 Å². The van der Waals surface area contributed by atoms with Crippen LogP contribution >= 0.6 is 0 Å². The van der Waals surface area contributed by atoms with E-state index in [9.17, 15) is 13.2 Å². The van der Waals surface area contributed by atoms with Gasteiger partial charge in [-0.1, -0.05) is 0 Å². The number of aliphatic hydroxyl groups excluding tert-OH is 1. The van der Waals surface area contributed by atoms with Crippen LogP contribution in [0.3, 0.4) is 0 Å². The van der Waals surface area contributed by atoms with Crippen molar-refractivity contribution < 1.29 is 27.8 Å². The molecule has 0 amide bonds. The Morgan fingerprint density at radius 3 is 2.46 bits per heavy atom. The molecule has 0 spiro atoms. The van der Waals surface area contributed by atoms with Crippen molar-refractivity contribution in [1.82, 2.24) is 0 Å². The van der Waals surface area contributed by atoms with Crippen molar-refractivity contribution in [3.05, 3.63) is 0 Å². The maximum atomic E-state index is 11.4. The maximum Gasteiger partial charge on any atom is 0.522 e. The highest BCUT2D eigenvalue weighted by Gasteiger charge is 2.28. The van der Waals surface area contributed by atoms with E-state index in [0.29, 0.717) is 0 Å². The summed E-state index contributed by atoms with van der Waals surface area (Å²) < 4.78 is 42.4. The van der Waals surface area contributed by atoms with Crippen LogP contribution in [-0.4, -0.2) is 37.9 Å². The molecule has 13 heavy (non-hydrogen) atoms. The third kappa shape index (κ3) is 9.59. The molecule has 0 aliphatic carbocycles. The number of rotatable bonds is 6. The zero-order valence-electron chi connectivity index (χ0n) is 7.30. The van der Waals surface area contributed by atoms with Gasteiger partial charge in [0, 0.05) is 7.11 Å². The average molecular weight is 202 g/mol. The molecular weight excluding hydrogens is 189 g/mol. The van der Waals surface area contributed by atoms with Crippen molar-refractivity contribution >= 4 is 0 Å². The SMILES string of the molecule is COCC(O)CCCOC(F)(F)F. The Morgan fingerprint density at radius 2 is 2.00 bits per heavy atom. The Morgan fingerprint density at radius 1 is 1.38 bits per heavy atom. The van der Waals surface area contributed by atoms with Crippen molar-refractivity contribution in [1.29, 1.82) is 0 Å². The second-order valence-corrected chi connectivity index (χ2v) is 2.55. The number of alkyl halides is 3. The molecule has 0 aliphatic heterocycles. The highest BCUT2D eigenvalue weighted by Crippen LogP contribution is 2.16. The maximum absolute atomic E-state index is 11.4. The topological polar surface area (TPSA) is 38.7 Å². The van der Waals surface area contributed by atoms with Gasteiger partial charge in [0.15, 0.2) is 0 Å². The molecule has 1 N–H and O–H groups in total. The van der Waals surface area contributed by atoms with Gasteiger partial charge in [0.05, 0.1) is 19.3 Å². The van der Waals surface area contributed by atoms with Crippen molar-refractivity contribution in [2.75, 3.05) is 20.3 Å². The molecule has 0 aromatic heterocycles. The highest BCUT2D eigenvalue weighted by molar-refractivity contribution is 4.52. The van der Waals surface area contributed by atoms with E-state index in [-0.39, 0.29) is 19.4 Å². The van der Waals surface area contributed by atoms with Crippen LogP contribution in [0, 0.1) is 0 Å². The number of aliphatic hydroxyl groups is 1. The van der Waals surface area contributed by atoms with Crippen molar-refractivity contribution in [3.8, 4) is 0 Å². The minimum Gasteiger partial charge on any atom is -0.391 e. The van der Waals surface area contributed by atoms with Crippen LogP contribution in [0.2, 0.25) is 0 Å². The summed E-state index contributed by atoms with van der Waals surface area (Å²) in [7, 11) is 1.41. The molecule has 0 aromatic carbocycles. The van der Waals surface area contributed by atoms with Crippen LogP contribution in [0.5, 0.6) is 0 Å². The number of methoxy groups -OCH3 is 1. The molecule has 0 fully saturated rings. The third-order valence-electron chi connectivity index (χ3n) is 1.31. The average Bonchev–Trinajstić information content (AvgIpc) is 1.97. The molecule has 0 radical (unpaired) electrons. The van der Waals surface area contributed by atoms with Crippen LogP contribution in [0.25, 0.3) is 0 Å². The monoisotopic (exact) mass is 202 g/mol. The van der Waals surface area contributed by atoms with Gasteiger partial charge in [-0.3, -0.25) is 4.74 Å². The van der Waals surface area contributed by atoms with E-state index in [1.54, 1.807) is 0 Å². The molecule has 3 nitrogen and oxygen atoms in total. The lowest BCUT2D eigenvalue weighted by Crippen LogP contribution is -2.17. The van der Waals surface area contributed by atoms with Gasteiger partial charge in [-0.25, -0.2) is 0 Å². The highest BCUT2D eigenvalue weighted by atomic mass is 19.4. The van der Waals surface area contributed by atoms with Gasteiger partial charge in [0.2, 0.25) is 0 Å². The molecule has 1 atom stereocenters. The summed E-state index contributed by atoms with van der Waals surface area (Å²) in [4.78, 5) is 0. The van der Waals surface area contributed by atoms with Crippen LogP contribution in [-0.2, 0) is 9.47 Å². The van der Waals surface area contributed by atoms with Crippen molar-refractivity contribution in [2.24, 2.45) is 0 Å². The summed E-state index contributed by atoms with van der Waals surface area (Å²) in [6, 6.07) is 0. The van der Waals surface area contributed by atoms with E-state index in [0.717, 1.165) is 0 Å². The molecule has 0 saturated heterocycles. The predicted octanol–water partition coefficient (Wildman–Crippen LogP) is 1.31. The van der Waals surface area contributed by atoms with E-state index in [4.69, 9.17) is 5.11 Å². The zero-order chi connectivity index (χ0) is 10.3. The van der Waals surface area contributed by atoms with Gasteiger partial charge < -0.3 is 9.84 Å². The Hall–Kier alpha value is -0.330. The quantitative estimate of drug-likeness (QED) is 0.660. The van der Waals surface area contributed by atoms with Crippen LogP contribution in [0.1, 0.15) is 12.8 Å². The lowest BCUT2D eigenvalue weighted by Gasteiger charge is -2.10. The Balaban J connectivity index is 3.25. The number of ether oxygens (including phenoxy) is 2. The van der Waals surface area contributed by atoms with Crippen molar-refractivity contribution in [2.45, 2.75) is 25.3 Å². The second-order valence-electron chi connectivity index (χ2n) is 2.55. The minimum absolute atomic E-state index is 0.131. The summed E-state index contributed by atoms with van der Waals surface area (Å²) in [5, 5.41) is 9.02. The fourth-order valence-corrected chi connectivity index (χ4v) is 0.783. The van der Waals surface area contributed by atoms with Crippen LogP contribution < -0.4 is 0 Å². The molecule has 0 rings (SSSR count). The summed E-state index contributed by atoms with van der Waals surface area (Å²) in [6.07, 6.45) is -4.90.